The van der Waals surface area contributed by atoms with E-state index in [2.05, 4.69) is 21.4 Å². The Bertz CT molecular complexity index is 561. The average molecular weight is 362 g/mol. The van der Waals surface area contributed by atoms with Crippen LogP contribution in [-0.4, -0.2) is 7.11 Å². The van der Waals surface area contributed by atoms with Crippen LogP contribution < -0.4 is 16.0 Å². The molecule has 2 aromatic rings. The molecule has 1 heterocycles. The standard InChI is InChI=1S/C13H14BrClN2OS/c1-18-8-2-4-11(14)10(6-8)12(17-16)7-9-3-5-13(15)19-9/h2-6,12,17H,7,16H2,1H3. The van der Waals surface area contributed by atoms with Crippen molar-refractivity contribution in [2.24, 2.45) is 5.84 Å². The van der Waals surface area contributed by atoms with Crippen LogP contribution in [-0.2, 0) is 6.42 Å². The molecule has 3 N–H and O–H groups in total. The minimum absolute atomic E-state index is 0.000748. The van der Waals surface area contributed by atoms with Crippen LogP contribution in [0.3, 0.4) is 0 Å². The van der Waals surface area contributed by atoms with Gasteiger partial charge in [0.15, 0.2) is 0 Å². The van der Waals surface area contributed by atoms with Crippen molar-refractivity contribution in [2.45, 2.75) is 12.5 Å². The molecule has 0 bridgehead atoms. The highest BCUT2D eigenvalue weighted by atomic mass is 79.9. The Labute approximate surface area is 129 Å². The molecule has 0 aliphatic carbocycles. The Balaban J connectivity index is 2.26. The van der Waals surface area contributed by atoms with Gasteiger partial charge in [0.2, 0.25) is 0 Å². The van der Waals surface area contributed by atoms with E-state index in [9.17, 15) is 0 Å². The number of benzene rings is 1. The van der Waals surface area contributed by atoms with Gasteiger partial charge in [-0.15, -0.1) is 11.3 Å². The van der Waals surface area contributed by atoms with Crippen molar-refractivity contribution in [1.29, 1.82) is 0 Å². The van der Waals surface area contributed by atoms with Gasteiger partial charge < -0.3 is 4.74 Å². The minimum atomic E-state index is -0.000748. The molecule has 0 spiro atoms. The molecule has 0 aliphatic rings. The smallest absolute Gasteiger partial charge is 0.119 e. The largest absolute Gasteiger partial charge is 0.497 e. The summed E-state index contributed by atoms with van der Waals surface area (Å²) >= 11 is 11.1. The molecular weight excluding hydrogens is 348 g/mol. The van der Waals surface area contributed by atoms with Gasteiger partial charge in [-0.25, -0.2) is 0 Å². The van der Waals surface area contributed by atoms with Crippen molar-refractivity contribution >= 4 is 38.9 Å². The summed E-state index contributed by atoms with van der Waals surface area (Å²) in [7, 11) is 1.65. The van der Waals surface area contributed by atoms with Crippen LogP contribution in [0.4, 0.5) is 0 Å². The lowest BCUT2D eigenvalue weighted by Crippen LogP contribution is -2.29. The number of nitrogens with one attached hydrogen (secondary N) is 1. The fourth-order valence-electron chi connectivity index (χ4n) is 1.84. The number of nitrogens with two attached hydrogens (primary N) is 1. The third-order valence-electron chi connectivity index (χ3n) is 2.81. The Kier molecular flexibility index (Phi) is 5.24. The summed E-state index contributed by atoms with van der Waals surface area (Å²) in [5, 5.41) is 0. The summed E-state index contributed by atoms with van der Waals surface area (Å²) in [6.45, 7) is 0. The van der Waals surface area contributed by atoms with E-state index < -0.39 is 0 Å². The summed E-state index contributed by atoms with van der Waals surface area (Å²) in [4.78, 5) is 1.18. The number of hydrogen-bond acceptors (Lipinski definition) is 4. The number of methoxy groups -OCH3 is 1. The highest BCUT2D eigenvalue weighted by Crippen LogP contribution is 2.31. The van der Waals surface area contributed by atoms with Gasteiger partial charge in [0.05, 0.1) is 17.5 Å². The summed E-state index contributed by atoms with van der Waals surface area (Å²) in [6.07, 6.45) is 0.777. The third kappa shape index (κ3) is 3.70. The molecule has 102 valence electrons. The normalized spacial score (nSPS) is 12.4. The Morgan fingerprint density at radius 2 is 2.21 bits per heavy atom. The number of hydrazine groups is 1. The molecule has 0 amide bonds. The summed E-state index contributed by atoms with van der Waals surface area (Å²) in [6, 6.07) is 9.76. The van der Waals surface area contributed by atoms with Gasteiger partial charge in [0, 0.05) is 15.8 Å². The lowest BCUT2D eigenvalue weighted by Gasteiger charge is -2.18. The predicted molar refractivity (Wildman–Crippen MR) is 83.8 cm³/mol. The highest BCUT2D eigenvalue weighted by Gasteiger charge is 2.15. The topological polar surface area (TPSA) is 47.3 Å². The van der Waals surface area contributed by atoms with Gasteiger partial charge in [0.1, 0.15) is 5.75 Å². The first-order chi connectivity index (χ1) is 9.13. The average Bonchev–Trinajstić information content (AvgIpc) is 2.82. The molecule has 0 radical (unpaired) electrons. The molecule has 0 aliphatic heterocycles. The van der Waals surface area contributed by atoms with Crippen molar-refractivity contribution in [3.8, 4) is 5.75 Å². The van der Waals surface area contributed by atoms with Crippen molar-refractivity contribution < 1.29 is 4.74 Å². The number of ether oxygens (including phenoxy) is 1. The van der Waals surface area contributed by atoms with Gasteiger partial charge in [-0.2, -0.15) is 0 Å². The molecule has 0 saturated heterocycles. The van der Waals surface area contributed by atoms with E-state index in [1.54, 1.807) is 18.4 Å². The van der Waals surface area contributed by atoms with E-state index in [1.165, 1.54) is 4.88 Å². The van der Waals surface area contributed by atoms with Crippen LogP contribution in [0.2, 0.25) is 4.34 Å². The molecule has 2 rings (SSSR count). The minimum Gasteiger partial charge on any atom is -0.497 e. The second kappa shape index (κ2) is 6.72. The van der Waals surface area contributed by atoms with Crippen molar-refractivity contribution in [3.05, 3.63) is 49.6 Å². The molecule has 6 heteroatoms. The summed E-state index contributed by atoms with van der Waals surface area (Å²) < 4.78 is 7.04. The maximum Gasteiger partial charge on any atom is 0.119 e. The van der Waals surface area contributed by atoms with Crippen molar-refractivity contribution in [2.75, 3.05) is 7.11 Å². The molecule has 3 nitrogen and oxygen atoms in total. The van der Waals surface area contributed by atoms with E-state index in [1.807, 2.05) is 30.3 Å². The van der Waals surface area contributed by atoms with Crippen LogP contribution >= 0.6 is 38.9 Å². The second-order valence-corrected chi connectivity index (χ2v) is 6.67. The van der Waals surface area contributed by atoms with Gasteiger partial charge in [-0.1, -0.05) is 27.5 Å². The number of thiophene rings is 1. The molecule has 0 fully saturated rings. The molecule has 1 atom stereocenters. The highest BCUT2D eigenvalue weighted by molar-refractivity contribution is 9.10. The second-order valence-electron chi connectivity index (χ2n) is 4.02. The lowest BCUT2D eigenvalue weighted by atomic mass is 10.0. The monoisotopic (exact) mass is 360 g/mol. The van der Waals surface area contributed by atoms with E-state index in [-0.39, 0.29) is 6.04 Å². The Morgan fingerprint density at radius 1 is 1.42 bits per heavy atom. The van der Waals surface area contributed by atoms with Crippen LogP contribution in [0, 0.1) is 0 Å². The number of halogens is 2. The molecule has 19 heavy (non-hydrogen) atoms. The first kappa shape index (κ1) is 14.8. The zero-order valence-electron chi connectivity index (χ0n) is 10.3. The zero-order chi connectivity index (χ0) is 13.8. The third-order valence-corrected chi connectivity index (χ3v) is 4.79. The van der Waals surface area contributed by atoms with E-state index >= 15 is 0 Å². The van der Waals surface area contributed by atoms with E-state index in [4.69, 9.17) is 22.2 Å². The van der Waals surface area contributed by atoms with E-state index in [0.717, 1.165) is 26.5 Å². The fraction of sp³-hybridized carbons (Fsp3) is 0.231. The molecule has 1 aromatic carbocycles. The maximum atomic E-state index is 5.95. The lowest BCUT2D eigenvalue weighted by molar-refractivity contribution is 0.412. The molecule has 0 saturated carbocycles. The first-order valence-electron chi connectivity index (χ1n) is 5.68. The molecule has 1 aromatic heterocycles. The first-order valence-corrected chi connectivity index (χ1v) is 7.66. The SMILES string of the molecule is COc1ccc(Br)c(C(Cc2ccc(Cl)s2)NN)c1. The van der Waals surface area contributed by atoms with Crippen LogP contribution in [0.1, 0.15) is 16.5 Å². The van der Waals surface area contributed by atoms with Crippen LogP contribution in [0.25, 0.3) is 0 Å². The quantitative estimate of drug-likeness (QED) is 0.627. The van der Waals surface area contributed by atoms with E-state index in [0.29, 0.717) is 0 Å². The molecule has 1 unspecified atom stereocenters. The van der Waals surface area contributed by atoms with Crippen molar-refractivity contribution in [3.63, 3.8) is 0 Å². The van der Waals surface area contributed by atoms with Gasteiger partial charge in [-0.05, 0) is 35.9 Å². The fourth-order valence-corrected chi connectivity index (χ4v) is 3.49. The van der Waals surface area contributed by atoms with Crippen LogP contribution in [0.5, 0.6) is 5.75 Å². The Morgan fingerprint density at radius 3 is 2.79 bits per heavy atom. The van der Waals surface area contributed by atoms with Crippen molar-refractivity contribution in [1.82, 2.24) is 5.43 Å². The Hall–Kier alpha value is -0.590. The number of rotatable bonds is 5. The van der Waals surface area contributed by atoms with Gasteiger partial charge in [0.25, 0.3) is 0 Å². The molecular formula is C13H14BrClN2OS. The zero-order valence-corrected chi connectivity index (χ0v) is 13.5. The predicted octanol–water partition coefficient (Wildman–Crippen LogP) is 3.92. The van der Waals surface area contributed by atoms with Gasteiger partial charge in [-0.3, -0.25) is 11.3 Å². The van der Waals surface area contributed by atoms with Gasteiger partial charge >= 0.3 is 0 Å². The summed E-state index contributed by atoms with van der Waals surface area (Å²) in [5.41, 5.74) is 3.91. The van der Waals surface area contributed by atoms with Crippen LogP contribution in [0.15, 0.2) is 34.8 Å². The summed E-state index contributed by atoms with van der Waals surface area (Å²) in [5.74, 6) is 6.49. The maximum absolute atomic E-state index is 5.95. The number of hydrogen-bond donors (Lipinski definition) is 2.